The number of aromatic nitrogens is 1. The van der Waals surface area contributed by atoms with Crippen molar-refractivity contribution < 1.29 is 14.3 Å². The minimum absolute atomic E-state index is 0.0113. The maximum absolute atomic E-state index is 12.3. The van der Waals surface area contributed by atoms with Crippen LogP contribution in [0.15, 0.2) is 42.6 Å². The number of pyridine rings is 1. The normalized spacial score (nSPS) is 13.6. The van der Waals surface area contributed by atoms with Crippen molar-refractivity contribution in [3.8, 4) is 0 Å². The van der Waals surface area contributed by atoms with Crippen LogP contribution in [0.5, 0.6) is 0 Å². The van der Waals surface area contributed by atoms with Gasteiger partial charge in [-0.1, -0.05) is 0 Å². The molecule has 6 heteroatoms. The zero-order chi connectivity index (χ0) is 17.6. The van der Waals surface area contributed by atoms with E-state index in [4.69, 9.17) is 4.74 Å². The van der Waals surface area contributed by atoms with Gasteiger partial charge in [-0.15, -0.1) is 0 Å². The number of rotatable bonds is 5. The Morgan fingerprint density at radius 1 is 1.08 bits per heavy atom. The molecule has 1 aromatic heterocycles. The molecule has 0 atom stereocenters. The van der Waals surface area contributed by atoms with Crippen molar-refractivity contribution in [2.45, 2.75) is 19.8 Å². The Morgan fingerprint density at radius 2 is 1.76 bits per heavy atom. The number of carbonyl (C=O) groups excluding carboxylic acids is 2. The number of hydrogen-bond donors (Lipinski definition) is 1. The van der Waals surface area contributed by atoms with Crippen LogP contribution < -0.4 is 5.32 Å². The lowest BCUT2D eigenvalue weighted by molar-refractivity contribution is 0.0526. The summed E-state index contributed by atoms with van der Waals surface area (Å²) >= 11 is 0. The molecule has 2 heterocycles. The molecule has 1 fully saturated rings. The zero-order valence-electron chi connectivity index (χ0n) is 14.2. The number of likely N-dealkylation sites (tertiary alicyclic amines) is 1. The molecule has 6 nitrogen and oxygen atoms in total. The summed E-state index contributed by atoms with van der Waals surface area (Å²) < 4.78 is 4.96. The number of ether oxygens (including phenoxy) is 1. The van der Waals surface area contributed by atoms with Crippen molar-refractivity contribution in [2.75, 3.05) is 25.0 Å². The fraction of sp³-hybridized carbons (Fsp3) is 0.316. The van der Waals surface area contributed by atoms with E-state index in [0.717, 1.165) is 37.3 Å². The first-order valence-electron chi connectivity index (χ1n) is 8.47. The highest BCUT2D eigenvalue weighted by molar-refractivity contribution is 5.92. The van der Waals surface area contributed by atoms with Crippen LogP contribution in [0.1, 0.15) is 40.6 Å². The SMILES string of the molecule is CCOC(=O)c1ccc(Nc2ccc(C(=O)N3CCCC3)nc2)cc1. The van der Waals surface area contributed by atoms with E-state index in [9.17, 15) is 9.59 Å². The van der Waals surface area contributed by atoms with Crippen LogP contribution in [-0.2, 0) is 4.74 Å². The molecule has 0 unspecified atom stereocenters. The highest BCUT2D eigenvalue weighted by Gasteiger charge is 2.20. The fourth-order valence-electron chi connectivity index (χ4n) is 2.75. The highest BCUT2D eigenvalue weighted by Crippen LogP contribution is 2.18. The molecule has 0 radical (unpaired) electrons. The van der Waals surface area contributed by atoms with Crippen LogP contribution in [-0.4, -0.2) is 41.5 Å². The Labute approximate surface area is 146 Å². The lowest BCUT2D eigenvalue weighted by Gasteiger charge is -2.14. The molecule has 3 rings (SSSR count). The van der Waals surface area contributed by atoms with E-state index in [-0.39, 0.29) is 11.9 Å². The average Bonchev–Trinajstić information content (AvgIpc) is 3.17. The Balaban J connectivity index is 1.63. The minimum Gasteiger partial charge on any atom is -0.462 e. The standard InChI is InChI=1S/C19H21N3O3/c1-2-25-19(24)14-5-7-15(8-6-14)21-16-9-10-17(20-13-16)18(23)22-11-3-4-12-22/h5-10,13,21H,2-4,11-12H2,1H3. The number of carbonyl (C=O) groups is 2. The van der Waals surface area contributed by atoms with Gasteiger partial charge >= 0.3 is 5.97 Å². The predicted molar refractivity (Wildman–Crippen MR) is 95.1 cm³/mol. The molecule has 0 aliphatic carbocycles. The lowest BCUT2D eigenvalue weighted by atomic mass is 10.2. The Hall–Kier alpha value is -2.89. The van der Waals surface area contributed by atoms with Gasteiger partial charge in [0.25, 0.3) is 5.91 Å². The molecule has 1 amide bonds. The molecule has 0 saturated carbocycles. The van der Waals surface area contributed by atoms with Crippen LogP contribution in [0, 0.1) is 0 Å². The van der Waals surface area contributed by atoms with E-state index in [1.165, 1.54) is 0 Å². The second-order valence-corrected chi connectivity index (χ2v) is 5.85. The van der Waals surface area contributed by atoms with E-state index in [2.05, 4.69) is 10.3 Å². The van der Waals surface area contributed by atoms with Gasteiger partial charge in [-0.2, -0.15) is 0 Å². The third kappa shape index (κ3) is 4.15. The molecule has 25 heavy (non-hydrogen) atoms. The summed E-state index contributed by atoms with van der Waals surface area (Å²) in [5.41, 5.74) is 2.58. The van der Waals surface area contributed by atoms with Crippen LogP contribution in [0.25, 0.3) is 0 Å². The number of esters is 1. The molecule has 1 aliphatic heterocycles. The third-order valence-corrected chi connectivity index (χ3v) is 4.06. The monoisotopic (exact) mass is 339 g/mol. The summed E-state index contributed by atoms with van der Waals surface area (Å²) in [7, 11) is 0. The van der Waals surface area contributed by atoms with E-state index in [1.54, 1.807) is 43.5 Å². The summed E-state index contributed by atoms with van der Waals surface area (Å²) in [6.45, 7) is 3.76. The van der Waals surface area contributed by atoms with Crippen LogP contribution >= 0.6 is 0 Å². The zero-order valence-corrected chi connectivity index (χ0v) is 14.2. The molecule has 0 bridgehead atoms. The van der Waals surface area contributed by atoms with Gasteiger partial charge in [-0.25, -0.2) is 9.78 Å². The molecule has 0 spiro atoms. The lowest BCUT2D eigenvalue weighted by Crippen LogP contribution is -2.28. The molecule has 2 aromatic rings. The molecular weight excluding hydrogens is 318 g/mol. The van der Waals surface area contributed by atoms with Gasteiger partial charge in [-0.05, 0) is 56.2 Å². The molecule has 1 saturated heterocycles. The maximum atomic E-state index is 12.3. The van der Waals surface area contributed by atoms with Crippen LogP contribution in [0.4, 0.5) is 11.4 Å². The summed E-state index contributed by atoms with van der Waals surface area (Å²) in [6, 6.07) is 10.6. The summed E-state index contributed by atoms with van der Waals surface area (Å²) in [4.78, 5) is 30.0. The second kappa shape index (κ2) is 7.79. The summed E-state index contributed by atoms with van der Waals surface area (Å²) in [6.07, 6.45) is 3.77. The number of nitrogens with zero attached hydrogens (tertiary/aromatic N) is 2. The summed E-state index contributed by atoms with van der Waals surface area (Å²) in [5.74, 6) is -0.344. The van der Waals surface area contributed by atoms with Gasteiger partial charge < -0.3 is 15.0 Å². The van der Waals surface area contributed by atoms with E-state index >= 15 is 0 Å². The van der Waals surface area contributed by atoms with Gasteiger partial charge in [0.05, 0.1) is 24.1 Å². The Kier molecular flexibility index (Phi) is 5.28. The first-order chi connectivity index (χ1) is 12.2. The van der Waals surface area contributed by atoms with Crippen molar-refractivity contribution in [1.29, 1.82) is 0 Å². The van der Waals surface area contributed by atoms with Gasteiger partial charge in [-0.3, -0.25) is 4.79 Å². The quantitative estimate of drug-likeness (QED) is 0.847. The van der Waals surface area contributed by atoms with E-state index < -0.39 is 0 Å². The number of anilines is 2. The fourth-order valence-corrected chi connectivity index (χ4v) is 2.75. The number of nitrogens with one attached hydrogen (secondary N) is 1. The molecular formula is C19H21N3O3. The molecule has 1 aromatic carbocycles. The Bertz CT molecular complexity index is 736. The topological polar surface area (TPSA) is 71.5 Å². The van der Waals surface area contributed by atoms with Crippen molar-refractivity contribution in [1.82, 2.24) is 9.88 Å². The predicted octanol–water partition coefficient (Wildman–Crippen LogP) is 3.24. The second-order valence-electron chi connectivity index (χ2n) is 5.85. The van der Waals surface area contributed by atoms with Crippen molar-refractivity contribution in [3.05, 3.63) is 53.9 Å². The maximum Gasteiger partial charge on any atom is 0.338 e. The van der Waals surface area contributed by atoms with Crippen molar-refractivity contribution in [3.63, 3.8) is 0 Å². The third-order valence-electron chi connectivity index (χ3n) is 4.06. The first-order valence-corrected chi connectivity index (χ1v) is 8.47. The number of benzene rings is 1. The summed E-state index contributed by atoms with van der Waals surface area (Å²) in [5, 5.41) is 3.20. The molecule has 1 aliphatic rings. The highest BCUT2D eigenvalue weighted by atomic mass is 16.5. The van der Waals surface area contributed by atoms with Crippen LogP contribution in [0.3, 0.4) is 0 Å². The van der Waals surface area contributed by atoms with Crippen LogP contribution in [0.2, 0.25) is 0 Å². The van der Waals surface area contributed by atoms with Crippen molar-refractivity contribution in [2.24, 2.45) is 0 Å². The van der Waals surface area contributed by atoms with E-state index in [1.807, 2.05) is 11.0 Å². The minimum atomic E-state index is -0.333. The van der Waals surface area contributed by atoms with Gasteiger partial charge in [0.2, 0.25) is 0 Å². The Morgan fingerprint density at radius 3 is 2.36 bits per heavy atom. The van der Waals surface area contributed by atoms with Crippen molar-refractivity contribution >= 4 is 23.3 Å². The van der Waals surface area contributed by atoms with E-state index in [0.29, 0.717) is 17.9 Å². The number of hydrogen-bond acceptors (Lipinski definition) is 5. The molecule has 130 valence electrons. The molecule has 1 N–H and O–H groups in total. The largest absolute Gasteiger partial charge is 0.462 e. The number of amides is 1. The van der Waals surface area contributed by atoms with Gasteiger partial charge in [0.1, 0.15) is 5.69 Å². The first kappa shape index (κ1) is 17.0. The average molecular weight is 339 g/mol. The van der Waals surface area contributed by atoms with Gasteiger partial charge in [0.15, 0.2) is 0 Å². The van der Waals surface area contributed by atoms with Gasteiger partial charge in [0, 0.05) is 18.8 Å². The smallest absolute Gasteiger partial charge is 0.338 e.